The van der Waals surface area contributed by atoms with Crippen LogP contribution in [0.3, 0.4) is 0 Å². The first kappa shape index (κ1) is 28.7. The molecule has 40 heavy (non-hydrogen) atoms. The van der Waals surface area contributed by atoms with Gasteiger partial charge < -0.3 is 23.8 Å². The van der Waals surface area contributed by atoms with Crippen molar-refractivity contribution in [1.29, 1.82) is 0 Å². The van der Waals surface area contributed by atoms with Crippen molar-refractivity contribution in [2.75, 3.05) is 26.9 Å². The van der Waals surface area contributed by atoms with Gasteiger partial charge in [0.15, 0.2) is 11.6 Å². The van der Waals surface area contributed by atoms with Gasteiger partial charge in [-0.15, -0.1) is 0 Å². The number of ether oxygens (including phenoxy) is 4. The quantitative estimate of drug-likeness (QED) is 0.277. The van der Waals surface area contributed by atoms with E-state index in [2.05, 4.69) is 4.90 Å². The lowest BCUT2D eigenvalue weighted by Gasteiger charge is -2.61. The molecule has 10 nitrogen and oxygen atoms in total. The number of benzene rings is 2. The SMILES string of the molecule is COC(=O)CN1C(=O)[C@@H](N(Cc2ccccc2)Cc2ccccc2)[C@@]12COC(C)(C)OO[C@@H]2[C@H]1COC(C)(C)O1. The van der Waals surface area contributed by atoms with Gasteiger partial charge in [-0.2, -0.15) is 0 Å². The first-order valence-corrected chi connectivity index (χ1v) is 13.5. The third kappa shape index (κ3) is 5.65. The number of amides is 1. The molecule has 1 spiro atoms. The number of rotatable bonds is 8. The van der Waals surface area contributed by atoms with Crippen molar-refractivity contribution in [1.82, 2.24) is 9.80 Å². The van der Waals surface area contributed by atoms with Crippen molar-refractivity contribution in [2.24, 2.45) is 0 Å². The first-order chi connectivity index (χ1) is 19.0. The Morgan fingerprint density at radius 3 is 2.08 bits per heavy atom. The maximum Gasteiger partial charge on any atom is 0.325 e. The molecule has 3 aliphatic rings. The van der Waals surface area contributed by atoms with E-state index >= 15 is 0 Å². The van der Waals surface area contributed by atoms with E-state index in [1.165, 1.54) is 12.0 Å². The average Bonchev–Trinajstić information content (AvgIpc) is 3.22. The molecule has 0 aliphatic carbocycles. The summed E-state index contributed by atoms with van der Waals surface area (Å²) in [7, 11) is 1.30. The van der Waals surface area contributed by atoms with Crippen LogP contribution in [0.1, 0.15) is 38.8 Å². The number of likely N-dealkylation sites (tertiary alicyclic amines) is 1. The van der Waals surface area contributed by atoms with Crippen molar-refractivity contribution in [3.63, 3.8) is 0 Å². The molecule has 0 N–H and O–H groups in total. The highest BCUT2D eigenvalue weighted by atomic mass is 17.2. The molecule has 0 aromatic heterocycles. The maximum absolute atomic E-state index is 14.1. The topological polar surface area (TPSA) is 96.0 Å². The predicted molar refractivity (Wildman–Crippen MR) is 143 cm³/mol. The molecule has 2 aromatic rings. The number of carbonyl (C=O) groups excluding carboxylic acids is 2. The van der Waals surface area contributed by atoms with Gasteiger partial charge in [0.25, 0.3) is 0 Å². The molecule has 0 saturated carbocycles. The van der Waals surface area contributed by atoms with Crippen LogP contribution in [0.5, 0.6) is 0 Å². The Morgan fingerprint density at radius 2 is 1.55 bits per heavy atom. The number of methoxy groups -OCH3 is 1. The molecule has 3 heterocycles. The summed E-state index contributed by atoms with van der Waals surface area (Å²) >= 11 is 0. The van der Waals surface area contributed by atoms with Gasteiger partial charge >= 0.3 is 5.97 Å². The van der Waals surface area contributed by atoms with Crippen molar-refractivity contribution in [3.8, 4) is 0 Å². The molecule has 3 saturated heterocycles. The third-order valence-corrected chi connectivity index (χ3v) is 7.68. The second-order valence-corrected chi connectivity index (χ2v) is 11.4. The van der Waals surface area contributed by atoms with Crippen LogP contribution in [-0.4, -0.2) is 83.9 Å². The maximum atomic E-state index is 14.1. The number of hydrogen-bond donors (Lipinski definition) is 0. The number of hydrogen-bond acceptors (Lipinski definition) is 9. The molecular weight excluding hydrogens is 516 g/mol. The van der Waals surface area contributed by atoms with Crippen molar-refractivity contribution >= 4 is 11.9 Å². The molecule has 216 valence electrons. The minimum Gasteiger partial charge on any atom is -0.468 e. The van der Waals surface area contributed by atoms with E-state index < -0.39 is 41.3 Å². The zero-order valence-electron chi connectivity index (χ0n) is 23.7. The largest absolute Gasteiger partial charge is 0.468 e. The molecular formula is C30H38N2O8. The fourth-order valence-electron chi connectivity index (χ4n) is 5.77. The second kappa shape index (κ2) is 11.2. The molecule has 10 heteroatoms. The van der Waals surface area contributed by atoms with E-state index in [9.17, 15) is 9.59 Å². The Hall–Kier alpha value is -2.86. The van der Waals surface area contributed by atoms with Crippen LogP contribution in [0.4, 0.5) is 0 Å². The van der Waals surface area contributed by atoms with Crippen LogP contribution in [0.25, 0.3) is 0 Å². The summed E-state index contributed by atoms with van der Waals surface area (Å²) in [5.74, 6) is -2.74. The highest BCUT2D eigenvalue weighted by molar-refractivity contribution is 5.94. The highest BCUT2D eigenvalue weighted by Crippen LogP contribution is 2.47. The second-order valence-electron chi connectivity index (χ2n) is 11.4. The van der Waals surface area contributed by atoms with Crippen LogP contribution >= 0.6 is 0 Å². The van der Waals surface area contributed by atoms with Crippen LogP contribution < -0.4 is 0 Å². The zero-order valence-corrected chi connectivity index (χ0v) is 23.7. The summed E-state index contributed by atoms with van der Waals surface area (Å²) in [4.78, 5) is 42.2. The number of esters is 1. The van der Waals surface area contributed by atoms with Gasteiger partial charge in [-0.3, -0.25) is 14.5 Å². The molecule has 2 aromatic carbocycles. The lowest BCUT2D eigenvalue weighted by molar-refractivity contribution is -0.429. The van der Waals surface area contributed by atoms with Gasteiger partial charge in [-0.1, -0.05) is 60.7 Å². The lowest BCUT2D eigenvalue weighted by Crippen LogP contribution is -2.86. The summed E-state index contributed by atoms with van der Waals surface area (Å²) < 4.78 is 23.4. The van der Waals surface area contributed by atoms with E-state index in [1.54, 1.807) is 13.8 Å². The van der Waals surface area contributed by atoms with E-state index in [4.69, 9.17) is 28.7 Å². The zero-order chi connectivity index (χ0) is 28.5. The number of nitrogens with zero attached hydrogens (tertiary/aromatic N) is 2. The Labute approximate surface area is 234 Å². The Morgan fingerprint density at radius 1 is 0.950 bits per heavy atom. The van der Waals surface area contributed by atoms with E-state index in [-0.39, 0.29) is 25.7 Å². The van der Waals surface area contributed by atoms with Gasteiger partial charge in [0.2, 0.25) is 5.91 Å². The molecule has 0 radical (unpaired) electrons. The van der Waals surface area contributed by atoms with Crippen LogP contribution in [0, 0.1) is 0 Å². The Balaban J connectivity index is 1.61. The predicted octanol–water partition coefficient (Wildman–Crippen LogP) is 3.05. The standard InChI is InChI=1S/C30H38N2O8/c1-28(2)36-19-23(38-28)26-30(20-37-29(3,4)40-39-26)25(27(34)32(30)18-24(33)35-5)31(16-21-12-8-6-9-13-21)17-22-14-10-7-11-15-22/h6-15,23,25-26H,16-20H2,1-5H3/t23-,25-,26-,30-/m1/s1. The number of β-lactam (4-membered cyclic amide) rings is 1. The summed E-state index contributed by atoms with van der Waals surface area (Å²) in [5.41, 5.74) is 0.924. The molecule has 1 amide bonds. The number of carbonyl (C=O) groups is 2. The third-order valence-electron chi connectivity index (χ3n) is 7.68. The summed E-state index contributed by atoms with van der Waals surface area (Å²) in [6.45, 7) is 8.07. The Kier molecular flexibility index (Phi) is 8.02. The fourth-order valence-corrected chi connectivity index (χ4v) is 5.77. The van der Waals surface area contributed by atoms with Crippen LogP contribution in [0.15, 0.2) is 60.7 Å². The molecule has 5 rings (SSSR count). The smallest absolute Gasteiger partial charge is 0.325 e. The van der Waals surface area contributed by atoms with Gasteiger partial charge in [0.05, 0.1) is 20.3 Å². The van der Waals surface area contributed by atoms with E-state index in [0.29, 0.717) is 13.1 Å². The molecule has 3 aliphatic heterocycles. The first-order valence-electron chi connectivity index (χ1n) is 13.5. The van der Waals surface area contributed by atoms with Crippen molar-refractivity contribution in [2.45, 2.75) is 76.1 Å². The summed E-state index contributed by atoms with van der Waals surface area (Å²) in [6, 6.07) is 19.2. The lowest BCUT2D eigenvalue weighted by atomic mass is 9.71. The highest BCUT2D eigenvalue weighted by Gasteiger charge is 2.71. The van der Waals surface area contributed by atoms with Gasteiger partial charge in [0.1, 0.15) is 30.3 Å². The van der Waals surface area contributed by atoms with Crippen molar-refractivity contribution < 1.29 is 38.3 Å². The van der Waals surface area contributed by atoms with Crippen molar-refractivity contribution in [3.05, 3.63) is 71.8 Å². The molecule has 0 unspecified atom stereocenters. The van der Waals surface area contributed by atoms with Gasteiger partial charge in [-0.25, -0.2) is 9.78 Å². The van der Waals surface area contributed by atoms with E-state index in [1.807, 2.05) is 74.5 Å². The normalized spacial score (nSPS) is 29.3. The average molecular weight is 555 g/mol. The van der Waals surface area contributed by atoms with Crippen LogP contribution in [0.2, 0.25) is 0 Å². The fraction of sp³-hybridized carbons (Fsp3) is 0.533. The summed E-state index contributed by atoms with van der Waals surface area (Å²) in [5, 5.41) is 0. The van der Waals surface area contributed by atoms with E-state index in [0.717, 1.165) is 11.1 Å². The van der Waals surface area contributed by atoms with Gasteiger partial charge in [0, 0.05) is 13.1 Å². The summed E-state index contributed by atoms with van der Waals surface area (Å²) in [6.07, 6.45) is -1.43. The monoisotopic (exact) mass is 554 g/mol. The van der Waals surface area contributed by atoms with Gasteiger partial charge in [-0.05, 0) is 38.8 Å². The Bertz CT molecular complexity index is 1150. The molecule has 3 fully saturated rings. The molecule has 0 bridgehead atoms. The molecule has 4 atom stereocenters. The minimum absolute atomic E-state index is 0.0401. The minimum atomic E-state index is -1.16. The van der Waals surface area contributed by atoms with Crippen LogP contribution in [-0.2, 0) is 51.4 Å².